The number of carbonyl (C=O) groups is 2. The van der Waals surface area contributed by atoms with Crippen LogP contribution < -0.4 is 10.2 Å². The lowest BCUT2D eigenvalue weighted by Crippen LogP contribution is -2.47. The normalized spacial score (nSPS) is 14.6. The Morgan fingerprint density at radius 1 is 0.911 bits per heavy atom. The Bertz CT molecular complexity index is 1610. The van der Waals surface area contributed by atoms with Gasteiger partial charge in [0, 0.05) is 24.3 Å². The molecule has 10 heteroatoms. The number of rotatable bonds is 9. The number of aromatic nitrogens is 3. The third kappa shape index (κ3) is 7.79. The van der Waals surface area contributed by atoms with Crippen LogP contribution >= 0.6 is 11.8 Å². The minimum Gasteiger partial charge on any atom is -0.351 e. The Balaban J connectivity index is 1.43. The van der Waals surface area contributed by atoms with Gasteiger partial charge >= 0.3 is 0 Å². The van der Waals surface area contributed by atoms with E-state index in [1.54, 1.807) is 0 Å². The molecule has 1 atom stereocenters. The van der Waals surface area contributed by atoms with Gasteiger partial charge in [-0.1, -0.05) is 88.2 Å². The number of thioether (sulfide) groups is 1. The maximum atomic E-state index is 14.1. The molecule has 4 aromatic rings. The van der Waals surface area contributed by atoms with Crippen molar-refractivity contribution < 1.29 is 18.4 Å². The lowest BCUT2D eigenvalue weighted by molar-refractivity contribution is -0.126. The van der Waals surface area contributed by atoms with Crippen molar-refractivity contribution in [3.63, 3.8) is 0 Å². The summed E-state index contributed by atoms with van der Waals surface area (Å²) in [4.78, 5) is 29.4. The summed E-state index contributed by atoms with van der Waals surface area (Å²) in [5.41, 5.74) is 2.94. The van der Waals surface area contributed by atoms with Gasteiger partial charge in [-0.25, -0.2) is 8.78 Å². The summed E-state index contributed by atoms with van der Waals surface area (Å²) in [6, 6.07) is 18.1. The van der Waals surface area contributed by atoms with Crippen LogP contribution in [0.2, 0.25) is 0 Å². The highest BCUT2D eigenvalue weighted by molar-refractivity contribution is 7.99. The molecule has 5 rings (SSSR count). The van der Waals surface area contributed by atoms with Crippen LogP contribution in [0.1, 0.15) is 70.0 Å². The van der Waals surface area contributed by atoms with Crippen molar-refractivity contribution in [1.29, 1.82) is 0 Å². The van der Waals surface area contributed by atoms with E-state index in [9.17, 15) is 18.4 Å². The van der Waals surface area contributed by atoms with Crippen molar-refractivity contribution in [1.82, 2.24) is 20.1 Å². The fraction of sp³-hybridized carbons (Fsp3) is 0.371. The largest absolute Gasteiger partial charge is 0.351 e. The second-order valence-corrected chi connectivity index (χ2v) is 13.5. The molecule has 1 N–H and O–H groups in total. The monoisotopic (exact) mass is 631 g/mol. The van der Waals surface area contributed by atoms with Crippen LogP contribution in [-0.4, -0.2) is 38.4 Å². The van der Waals surface area contributed by atoms with Crippen LogP contribution in [0.5, 0.6) is 0 Å². The Hall–Kier alpha value is -4.05. The zero-order chi connectivity index (χ0) is 32.1. The molecule has 45 heavy (non-hydrogen) atoms. The summed E-state index contributed by atoms with van der Waals surface area (Å²) in [7, 11) is 1.84. The number of hydrogen-bond donors (Lipinski definition) is 1. The summed E-state index contributed by atoms with van der Waals surface area (Å²) in [6.07, 6.45) is 4.87. The second-order valence-electron chi connectivity index (χ2n) is 12.5. The zero-order valence-electron chi connectivity index (χ0n) is 26.1. The van der Waals surface area contributed by atoms with Crippen LogP contribution in [0, 0.1) is 11.6 Å². The number of anilines is 1. The molecule has 0 spiro atoms. The van der Waals surface area contributed by atoms with Crippen LogP contribution in [0.3, 0.4) is 0 Å². The predicted octanol–water partition coefficient (Wildman–Crippen LogP) is 7.37. The predicted molar refractivity (Wildman–Crippen MR) is 174 cm³/mol. The maximum Gasteiger partial charge on any atom is 0.248 e. The van der Waals surface area contributed by atoms with Crippen molar-refractivity contribution in [2.75, 3.05) is 10.7 Å². The lowest BCUT2D eigenvalue weighted by Gasteiger charge is -2.33. The van der Waals surface area contributed by atoms with E-state index in [2.05, 4.69) is 48.4 Å². The number of amides is 2. The van der Waals surface area contributed by atoms with Crippen LogP contribution in [0.4, 0.5) is 14.5 Å². The first-order valence-electron chi connectivity index (χ1n) is 15.3. The van der Waals surface area contributed by atoms with Gasteiger partial charge in [0.15, 0.2) is 11.0 Å². The fourth-order valence-electron chi connectivity index (χ4n) is 5.64. The van der Waals surface area contributed by atoms with Crippen molar-refractivity contribution >= 4 is 29.3 Å². The first-order chi connectivity index (χ1) is 21.5. The number of carbonyl (C=O) groups excluding carboxylic acids is 2. The van der Waals surface area contributed by atoms with Crippen molar-refractivity contribution in [2.45, 2.75) is 75.5 Å². The highest BCUT2D eigenvalue weighted by atomic mass is 32.2. The summed E-state index contributed by atoms with van der Waals surface area (Å²) in [5.74, 6) is -1.08. The Labute approximate surface area is 267 Å². The second kappa shape index (κ2) is 13.9. The highest BCUT2D eigenvalue weighted by Crippen LogP contribution is 2.32. The Morgan fingerprint density at radius 2 is 1.51 bits per heavy atom. The van der Waals surface area contributed by atoms with Gasteiger partial charge in [-0.05, 0) is 65.8 Å². The molecule has 0 radical (unpaired) electrons. The SMILES string of the molecule is Cn1c(SCC(=O)N(c2ccc(F)cc2)[C@H](C(=O)NC2CCCCC2)c2ccc(F)cc2)nnc1-c1ccc(C(C)(C)C)cc1. The van der Waals surface area contributed by atoms with E-state index in [1.807, 2.05) is 23.7 Å². The van der Waals surface area contributed by atoms with Crippen LogP contribution in [0.15, 0.2) is 78.0 Å². The van der Waals surface area contributed by atoms with Gasteiger partial charge in [0.1, 0.15) is 17.7 Å². The fourth-order valence-corrected chi connectivity index (χ4v) is 6.41. The number of halogens is 2. The summed E-state index contributed by atoms with van der Waals surface area (Å²) in [5, 5.41) is 12.4. The van der Waals surface area contributed by atoms with E-state index in [1.165, 1.54) is 70.8 Å². The van der Waals surface area contributed by atoms with Gasteiger partial charge in [0.25, 0.3) is 0 Å². The van der Waals surface area contributed by atoms with E-state index >= 15 is 0 Å². The number of nitrogens with zero attached hydrogens (tertiary/aromatic N) is 4. The molecule has 1 aliphatic carbocycles. The Kier molecular flexibility index (Phi) is 10.0. The van der Waals surface area contributed by atoms with E-state index in [0.29, 0.717) is 22.2 Å². The van der Waals surface area contributed by atoms with Gasteiger partial charge in [-0.3, -0.25) is 14.5 Å². The average Bonchev–Trinajstić information content (AvgIpc) is 3.39. The molecule has 7 nitrogen and oxygen atoms in total. The minimum absolute atomic E-state index is 0.0109. The molecular formula is C35H39F2N5O2S. The van der Waals surface area contributed by atoms with E-state index in [0.717, 1.165) is 37.7 Å². The van der Waals surface area contributed by atoms with Crippen molar-refractivity contribution in [3.05, 3.63) is 95.6 Å². The molecule has 0 bridgehead atoms. The summed E-state index contributed by atoms with van der Waals surface area (Å²) in [6.45, 7) is 6.47. The lowest BCUT2D eigenvalue weighted by atomic mass is 9.87. The molecule has 236 valence electrons. The molecule has 3 aromatic carbocycles. The number of benzene rings is 3. The van der Waals surface area contributed by atoms with Gasteiger partial charge in [0.2, 0.25) is 11.8 Å². The molecule has 0 aliphatic heterocycles. The molecule has 2 amide bonds. The standard InChI is InChI=1S/C35H39F2N5O2S/c1-35(2,3)25-14-10-24(11-15-25)32-39-40-34(41(32)4)45-22-30(43)42(29-20-18-27(37)19-21-29)31(23-12-16-26(36)17-13-23)33(44)38-28-8-6-5-7-9-28/h10-21,28,31H,5-9,22H2,1-4H3,(H,38,44)/t31-/m0/s1. The quantitative estimate of drug-likeness (QED) is 0.195. The zero-order valence-corrected chi connectivity index (χ0v) is 26.9. The van der Waals surface area contributed by atoms with Gasteiger partial charge < -0.3 is 9.88 Å². The first kappa shape index (κ1) is 32.3. The molecule has 1 saturated carbocycles. The van der Waals surface area contributed by atoms with Gasteiger partial charge in [0.05, 0.1) is 5.75 Å². The highest BCUT2D eigenvalue weighted by Gasteiger charge is 2.34. The molecule has 1 fully saturated rings. The van der Waals surface area contributed by atoms with Crippen molar-refractivity contribution in [3.8, 4) is 11.4 Å². The smallest absolute Gasteiger partial charge is 0.248 e. The van der Waals surface area contributed by atoms with E-state index < -0.39 is 17.7 Å². The maximum absolute atomic E-state index is 14.1. The molecule has 1 aromatic heterocycles. The van der Waals surface area contributed by atoms with Crippen LogP contribution in [0.25, 0.3) is 11.4 Å². The Morgan fingerprint density at radius 3 is 2.11 bits per heavy atom. The first-order valence-corrected chi connectivity index (χ1v) is 16.3. The molecule has 0 saturated heterocycles. The summed E-state index contributed by atoms with van der Waals surface area (Å²) >= 11 is 1.20. The number of hydrogen-bond acceptors (Lipinski definition) is 5. The van der Waals surface area contributed by atoms with E-state index in [4.69, 9.17) is 0 Å². The molecule has 0 unspecified atom stereocenters. The average molecular weight is 632 g/mol. The molecular weight excluding hydrogens is 592 g/mol. The van der Waals surface area contributed by atoms with Gasteiger partial charge in [-0.15, -0.1) is 10.2 Å². The van der Waals surface area contributed by atoms with Crippen molar-refractivity contribution in [2.24, 2.45) is 7.05 Å². The third-order valence-electron chi connectivity index (χ3n) is 8.19. The van der Waals surface area contributed by atoms with Crippen LogP contribution in [-0.2, 0) is 22.1 Å². The molecule has 1 aliphatic rings. The molecule has 1 heterocycles. The van der Waals surface area contributed by atoms with E-state index in [-0.39, 0.29) is 29.0 Å². The third-order valence-corrected chi connectivity index (χ3v) is 9.19. The number of nitrogens with one attached hydrogen (secondary N) is 1. The van der Waals surface area contributed by atoms with Gasteiger partial charge in [-0.2, -0.15) is 0 Å². The topological polar surface area (TPSA) is 80.1 Å². The summed E-state index contributed by atoms with van der Waals surface area (Å²) < 4.78 is 29.8. The minimum atomic E-state index is -1.09.